The molecule has 2 amide bonds. The van der Waals surface area contributed by atoms with Crippen LogP contribution in [0.2, 0.25) is 0 Å². The Hall–Kier alpha value is -3.41. The van der Waals surface area contributed by atoms with Crippen LogP contribution in [0, 0.1) is 11.7 Å². The normalized spacial score (nSPS) is 13.3. The van der Waals surface area contributed by atoms with Crippen LogP contribution in [0.4, 0.5) is 10.1 Å². The number of rotatable bonds is 4. The number of nitrogens with one attached hydrogen (secondary N) is 1. The van der Waals surface area contributed by atoms with Crippen LogP contribution >= 0.6 is 0 Å². The number of amides is 2. The molecule has 4 rings (SSSR count). The van der Waals surface area contributed by atoms with E-state index < -0.39 is 0 Å². The topological polar surface area (TPSA) is 62.6 Å². The molecule has 2 aromatic carbocycles. The van der Waals surface area contributed by atoms with Crippen LogP contribution in [-0.4, -0.2) is 23.3 Å². The number of nitrogens with zero attached hydrogens (tertiary/aromatic N) is 1. The largest absolute Gasteiger partial charge is 0.461 e. The first-order valence-electron chi connectivity index (χ1n) is 9.98. The third-order valence-corrected chi connectivity index (χ3v) is 5.18. The van der Waals surface area contributed by atoms with Gasteiger partial charge in [0.15, 0.2) is 0 Å². The van der Waals surface area contributed by atoms with Gasteiger partial charge in [0.1, 0.15) is 17.3 Å². The van der Waals surface area contributed by atoms with Crippen molar-refractivity contribution in [1.82, 2.24) is 4.90 Å². The van der Waals surface area contributed by atoms with Gasteiger partial charge in [-0.15, -0.1) is 0 Å². The van der Waals surface area contributed by atoms with E-state index in [1.807, 2.05) is 43.0 Å². The van der Waals surface area contributed by atoms with Gasteiger partial charge in [-0.3, -0.25) is 9.59 Å². The number of carbonyl (C=O) groups is 2. The fourth-order valence-electron chi connectivity index (χ4n) is 3.58. The first kappa shape index (κ1) is 19.9. The number of benzene rings is 2. The predicted octanol–water partition coefficient (Wildman–Crippen LogP) is 4.88. The summed E-state index contributed by atoms with van der Waals surface area (Å²) in [5.41, 5.74) is 2.85. The number of fused-ring (bicyclic) bond motifs is 1. The summed E-state index contributed by atoms with van der Waals surface area (Å²) in [5.74, 6) is 1.03. The molecule has 1 aliphatic rings. The summed E-state index contributed by atoms with van der Waals surface area (Å²) >= 11 is 0. The van der Waals surface area contributed by atoms with E-state index in [2.05, 4.69) is 5.32 Å². The maximum atomic E-state index is 13.1. The van der Waals surface area contributed by atoms with Crippen LogP contribution in [0.15, 0.2) is 59.0 Å². The maximum absolute atomic E-state index is 13.1. The number of halogens is 1. The molecule has 0 fully saturated rings. The highest BCUT2D eigenvalue weighted by atomic mass is 19.1. The van der Waals surface area contributed by atoms with Gasteiger partial charge in [-0.1, -0.05) is 26.0 Å². The van der Waals surface area contributed by atoms with E-state index in [1.165, 1.54) is 24.3 Å². The average molecular weight is 406 g/mol. The molecule has 5 nitrogen and oxygen atoms in total. The molecule has 0 bridgehead atoms. The van der Waals surface area contributed by atoms with E-state index >= 15 is 0 Å². The molecule has 0 radical (unpaired) electrons. The molecule has 6 heteroatoms. The zero-order valence-electron chi connectivity index (χ0n) is 16.9. The second-order valence-corrected chi connectivity index (χ2v) is 7.77. The second kappa shape index (κ2) is 8.14. The minimum absolute atomic E-state index is 0.0284. The highest BCUT2D eigenvalue weighted by molar-refractivity contribution is 6.04. The highest BCUT2D eigenvalue weighted by Crippen LogP contribution is 2.31. The van der Waals surface area contributed by atoms with Crippen molar-refractivity contribution in [3.05, 3.63) is 77.3 Å². The van der Waals surface area contributed by atoms with Crippen LogP contribution in [-0.2, 0) is 17.8 Å². The van der Waals surface area contributed by atoms with Gasteiger partial charge in [0.25, 0.3) is 5.91 Å². The predicted molar refractivity (Wildman–Crippen MR) is 112 cm³/mol. The van der Waals surface area contributed by atoms with Gasteiger partial charge in [0.2, 0.25) is 5.91 Å². The summed E-state index contributed by atoms with van der Waals surface area (Å²) in [7, 11) is 0. The fourth-order valence-corrected chi connectivity index (χ4v) is 3.58. The van der Waals surface area contributed by atoms with Crippen molar-refractivity contribution in [2.75, 3.05) is 11.9 Å². The molecular formula is C24H23FN2O3. The third kappa shape index (κ3) is 4.13. The zero-order valence-corrected chi connectivity index (χ0v) is 16.9. The van der Waals surface area contributed by atoms with Gasteiger partial charge in [-0.2, -0.15) is 0 Å². The summed E-state index contributed by atoms with van der Waals surface area (Å²) in [4.78, 5) is 26.6. The van der Waals surface area contributed by atoms with E-state index in [0.717, 1.165) is 16.9 Å². The van der Waals surface area contributed by atoms with E-state index in [0.29, 0.717) is 36.5 Å². The lowest BCUT2D eigenvalue weighted by atomic mass is 10.1. The smallest absolute Gasteiger partial charge is 0.255 e. The summed E-state index contributed by atoms with van der Waals surface area (Å²) in [6, 6.07) is 14.7. The monoisotopic (exact) mass is 406 g/mol. The summed E-state index contributed by atoms with van der Waals surface area (Å²) in [6.07, 6.45) is 0.689. The molecule has 1 aliphatic heterocycles. The van der Waals surface area contributed by atoms with E-state index in [1.54, 1.807) is 6.07 Å². The second-order valence-electron chi connectivity index (χ2n) is 7.77. The molecule has 0 aliphatic carbocycles. The third-order valence-electron chi connectivity index (χ3n) is 5.18. The first-order valence-corrected chi connectivity index (χ1v) is 9.98. The van der Waals surface area contributed by atoms with Gasteiger partial charge in [0.05, 0.1) is 0 Å². The SMILES string of the molecule is CC(C)C(=O)N1CCc2oc(-c3cccc(NC(=O)c4ccc(F)cc4)c3)cc2C1. The van der Waals surface area contributed by atoms with Crippen LogP contribution in [0.25, 0.3) is 11.3 Å². The Labute approximate surface area is 174 Å². The highest BCUT2D eigenvalue weighted by Gasteiger charge is 2.25. The number of carbonyl (C=O) groups excluding carboxylic acids is 2. The molecule has 1 aromatic heterocycles. The fraction of sp³-hybridized carbons (Fsp3) is 0.250. The van der Waals surface area contributed by atoms with Gasteiger partial charge in [0, 0.05) is 47.8 Å². The van der Waals surface area contributed by atoms with Crippen LogP contribution in [0.5, 0.6) is 0 Å². The van der Waals surface area contributed by atoms with Crippen molar-refractivity contribution in [3.63, 3.8) is 0 Å². The van der Waals surface area contributed by atoms with E-state index in [9.17, 15) is 14.0 Å². The molecule has 1 N–H and O–H groups in total. The summed E-state index contributed by atoms with van der Waals surface area (Å²) < 4.78 is 19.1. The van der Waals surface area contributed by atoms with Crippen LogP contribution < -0.4 is 5.32 Å². The van der Waals surface area contributed by atoms with Gasteiger partial charge < -0.3 is 14.6 Å². The molecule has 0 spiro atoms. The first-order chi connectivity index (χ1) is 14.4. The van der Waals surface area contributed by atoms with E-state index in [4.69, 9.17) is 4.42 Å². The Balaban J connectivity index is 1.52. The Morgan fingerprint density at radius 1 is 1.10 bits per heavy atom. The maximum Gasteiger partial charge on any atom is 0.255 e. The molecule has 0 saturated carbocycles. The van der Waals surface area contributed by atoms with Gasteiger partial charge in [-0.25, -0.2) is 4.39 Å². The Bertz CT molecular complexity index is 1090. The van der Waals surface area contributed by atoms with Crippen molar-refractivity contribution in [2.24, 2.45) is 5.92 Å². The lowest BCUT2D eigenvalue weighted by molar-refractivity contribution is -0.135. The molecular weight excluding hydrogens is 383 g/mol. The lowest BCUT2D eigenvalue weighted by Crippen LogP contribution is -2.37. The van der Waals surface area contributed by atoms with E-state index in [-0.39, 0.29) is 23.5 Å². The average Bonchev–Trinajstić information content (AvgIpc) is 3.17. The molecule has 0 unspecified atom stereocenters. The van der Waals surface area contributed by atoms with Gasteiger partial charge in [-0.05, 0) is 42.5 Å². The Morgan fingerprint density at radius 2 is 1.87 bits per heavy atom. The van der Waals surface area contributed by atoms with Crippen LogP contribution in [0.3, 0.4) is 0 Å². The summed E-state index contributed by atoms with van der Waals surface area (Å²) in [5, 5.41) is 2.83. The van der Waals surface area contributed by atoms with Crippen molar-refractivity contribution in [3.8, 4) is 11.3 Å². The Morgan fingerprint density at radius 3 is 2.60 bits per heavy atom. The van der Waals surface area contributed by atoms with Crippen molar-refractivity contribution in [2.45, 2.75) is 26.8 Å². The number of hydrogen-bond donors (Lipinski definition) is 1. The lowest BCUT2D eigenvalue weighted by Gasteiger charge is -2.27. The minimum atomic E-state index is -0.385. The molecule has 2 heterocycles. The zero-order chi connectivity index (χ0) is 21.3. The van der Waals surface area contributed by atoms with Crippen molar-refractivity contribution in [1.29, 1.82) is 0 Å². The number of anilines is 1. The number of furan rings is 1. The molecule has 3 aromatic rings. The number of hydrogen-bond acceptors (Lipinski definition) is 3. The van der Waals surface area contributed by atoms with Gasteiger partial charge >= 0.3 is 0 Å². The van der Waals surface area contributed by atoms with Crippen LogP contribution in [0.1, 0.15) is 35.5 Å². The molecule has 0 saturated heterocycles. The minimum Gasteiger partial charge on any atom is -0.461 e. The molecule has 154 valence electrons. The quantitative estimate of drug-likeness (QED) is 0.672. The molecule has 0 atom stereocenters. The van der Waals surface area contributed by atoms with Crippen molar-refractivity contribution >= 4 is 17.5 Å². The van der Waals surface area contributed by atoms with Crippen molar-refractivity contribution < 1.29 is 18.4 Å². The standard InChI is InChI=1S/C24H23FN2O3/c1-15(2)24(29)27-11-10-21-18(14-27)13-22(30-21)17-4-3-5-20(12-17)26-23(28)16-6-8-19(25)9-7-16/h3-9,12-13,15H,10-11,14H2,1-2H3,(H,26,28). The molecule has 30 heavy (non-hydrogen) atoms. The Kier molecular flexibility index (Phi) is 5.40. The summed E-state index contributed by atoms with van der Waals surface area (Å²) in [6.45, 7) is 5.02.